The molecule has 2 aromatic rings. The van der Waals surface area contributed by atoms with Crippen molar-refractivity contribution in [3.63, 3.8) is 0 Å². The number of halogens is 3. The third-order valence-corrected chi connectivity index (χ3v) is 3.08. The van der Waals surface area contributed by atoms with Gasteiger partial charge in [0.25, 0.3) is 5.91 Å². The lowest BCUT2D eigenvalue weighted by Crippen LogP contribution is -2.39. The second kappa shape index (κ2) is 6.17. The number of carbonyl (C=O) groups excluding carboxylic acids is 1. The molecule has 1 aromatic heterocycles. The van der Waals surface area contributed by atoms with Gasteiger partial charge in [0.15, 0.2) is 0 Å². The van der Waals surface area contributed by atoms with E-state index in [9.17, 15) is 18.0 Å². The third-order valence-electron chi connectivity index (χ3n) is 3.08. The number of alkyl halides is 3. The van der Waals surface area contributed by atoms with E-state index < -0.39 is 18.6 Å². The predicted octanol–water partition coefficient (Wildman–Crippen LogP) is 3.73. The number of carbonyl (C=O) groups is 1. The zero-order chi connectivity index (χ0) is 16.3. The molecule has 22 heavy (non-hydrogen) atoms. The summed E-state index contributed by atoms with van der Waals surface area (Å²) in [4.78, 5) is 17.5. The molecule has 0 spiro atoms. The van der Waals surface area contributed by atoms with Crippen molar-refractivity contribution >= 4 is 16.8 Å². The standard InChI is InChI=1S/C16H15F3N2O/c1-3-8-21(10-16(17,18)19)15(22)13-9-11(2)20-14-7-5-4-6-12(13)14/h3-7,9H,1,8,10H2,2H3. The monoisotopic (exact) mass is 308 g/mol. The molecule has 6 heteroatoms. The fourth-order valence-electron chi connectivity index (χ4n) is 2.25. The van der Waals surface area contributed by atoms with E-state index >= 15 is 0 Å². The number of hydrogen-bond acceptors (Lipinski definition) is 2. The van der Waals surface area contributed by atoms with Crippen molar-refractivity contribution in [2.45, 2.75) is 13.1 Å². The van der Waals surface area contributed by atoms with Gasteiger partial charge in [0.1, 0.15) is 6.54 Å². The predicted molar refractivity (Wildman–Crippen MR) is 78.6 cm³/mol. The Morgan fingerprint density at radius 2 is 2.05 bits per heavy atom. The van der Waals surface area contributed by atoms with Crippen molar-refractivity contribution in [1.29, 1.82) is 0 Å². The van der Waals surface area contributed by atoms with Crippen LogP contribution in [0.2, 0.25) is 0 Å². The first-order valence-corrected chi connectivity index (χ1v) is 6.65. The zero-order valence-electron chi connectivity index (χ0n) is 12.0. The van der Waals surface area contributed by atoms with Gasteiger partial charge < -0.3 is 4.90 Å². The minimum atomic E-state index is -4.46. The molecule has 116 valence electrons. The van der Waals surface area contributed by atoms with Gasteiger partial charge in [-0.3, -0.25) is 9.78 Å². The number of benzene rings is 1. The number of rotatable bonds is 4. The summed E-state index contributed by atoms with van der Waals surface area (Å²) in [5.74, 6) is -0.682. The maximum absolute atomic E-state index is 12.7. The number of aromatic nitrogens is 1. The second-order valence-corrected chi connectivity index (χ2v) is 4.92. The summed E-state index contributed by atoms with van der Waals surface area (Å²) in [6, 6.07) is 8.39. The van der Waals surface area contributed by atoms with Crippen molar-refractivity contribution in [2.24, 2.45) is 0 Å². The summed E-state index contributed by atoms with van der Waals surface area (Å²) in [6.45, 7) is 3.63. The van der Waals surface area contributed by atoms with E-state index in [1.165, 1.54) is 12.1 Å². The largest absolute Gasteiger partial charge is 0.406 e. The molecule has 3 nitrogen and oxygen atoms in total. The average molecular weight is 308 g/mol. The number of nitrogens with zero attached hydrogens (tertiary/aromatic N) is 2. The van der Waals surface area contributed by atoms with E-state index in [0.29, 0.717) is 16.6 Å². The summed E-state index contributed by atoms with van der Waals surface area (Å²) >= 11 is 0. The van der Waals surface area contributed by atoms with Crippen LogP contribution in [0.3, 0.4) is 0 Å². The molecule has 0 aliphatic heterocycles. The van der Waals surface area contributed by atoms with Crippen LogP contribution in [0.25, 0.3) is 10.9 Å². The van der Waals surface area contributed by atoms with Gasteiger partial charge in [-0.05, 0) is 19.1 Å². The number of hydrogen-bond donors (Lipinski definition) is 0. The van der Waals surface area contributed by atoms with Crippen molar-refractivity contribution in [3.8, 4) is 0 Å². The first kappa shape index (κ1) is 16.0. The summed E-state index contributed by atoms with van der Waals surface area (Å²) in [5.41, 5.74) is 1.37. The van der Waals surface area contributed by atoms with Gasteiger partial charge in [-0.15, -0.1) is 6.58 Å². The average Bonchev–Trinajstić information content (AvgIpc) is 2.43. The van der Waals surface area contributed by atoms with Crippen LogP contribution in [0, 0.1) is 6.92 Å². The van der Waals surface area contributed by atoms with Crippen LogP contribution >= 0.6 is 0 Å². The van der Waals surface area contributed by atoms with Crippen LogP contribution < -0.4 is 0 Å². The Kier molecular flexibility index (Phi) is 4.49. The highest BCUT2D eigenvalue weighted by molar-refractivity contribution is 6.06. The van der Waals surface area contributed by atoms with Gasteiger partial charge in [0.2, 0.25) is 0 Å². The molecule has 0 saturated carbocycles. The summed E-state index contributed by atoms with van der Waals surface area (Å²) in [7, 11) is 0. The molecule has 1 heterocycles. The van der Waals surface area contributed by atoms with Gasteiger partial charge in [0.05, 0.1) is 11.1 Å². The molecule has 1 amide bonds. The summed E-state index contributed by atoms with van der Waals surface area (Å²) in [5, 5.41) is 0.536. The molecule has 0 aliphatic rings. The van der Waals surface area contributed by atoms with E-state index in [-0.39, 0.29) is 12.1 Å². The Hall–Kier alpha value is -2.37. The molecule has 0 atom stereocenters. The normalized spacial score (nSPS) is 11.5. The van der Waals surface area contributed by atoms with Gasteiger partial charge in [-0.25, -0.2) is 0 Å². The number of para-hydroxylation sites is 1. The summed E-state index contributed by atoms with van der Waals surface area (Å²) in [6.07, 6.45) is -3.18. The number of aryl methyl sites for hydroxylation is 1. The molecule has 0 saturated heterocycles. The van der Waals surface area contributed by atoms with Crippen LogP contribution in [0.5, 0.6) is 0 Å². The van der Waals surface area contributed by atoms with Gasteiger partial charge in [0, 0.05) is 17.6 Å². The fourth-order valence-corrected chi connectivity index (χ4v) is 2.25. The Labute approximate surface area is 126 Å². The van der Waals surface area contributed by atoms with E-state index in [2.05, 4.69) is 11.6 Å². The maximum atomic E-state index is 12.7. The first-order valence-electron chi connectivity index (χ1n) is 6.65. The van der Waals surface area contributed by atoms with Crippen LogP contribution in [-0.2, 0) is 0 Å². The maximum Gasteiger partial charge on any atom is 0.406 e. The second-order valence-electron chi connectivity index (χ2n) is 4.92. The van der Waals surface area contributed by atoms with E-state index in [4.69, 9.17) is 0 Å². The molecule has 0 N–H and O–H groups in total. The Morgan fingerprint density at radius 1 is 1.36 bits per heavy atom. The zero-order valence-corrected chi connectivity index (χ0v) is 12.0. The molecule has 0 fully saturated rings. The lowest BCUT2D eigenvalue weighted by atomic mass is 10.1. The van der Waals surface area contributed by atoms with Crippen molar-refractivity contribution in [3.05, 3.63) is 54.2 Å². The molecule has 0 unspecified atom stereocenters. The first-order chi connectivity index (χ1) is 10.3. The molecular formula is C16H15F3N2O. The Morgan fingerprint density at radius 3 is 2.68 bits per heavy atom. The SMILES string of the molecule is C=CCN(CC(F)(F)F)C(=O)c1cc(C)nc2ccccc12. The van der Waals surface area contributed by atoms with Crippen molar-refractivity contribution in [1.82, 2.24) is 9.88 Å². The molecular weight excluding hydrogens is 293 g/mol. The highest BCUT2D eigenvalue weighted by atomic mass is 19.4. The van der Waals surface area contributed by atoms with Crippen LogP contribution in [0.1, 0.15) is 16.1 Å². The minimum absolute atomic E-state index is 0.173. The molecule has 2 rings (SSSR count). The van der Waals surface area contributed by atoms with Crippen LogP contribution in [0.4, 0.5) is 13.2 Å². The van der Waals surface area contributed by atoms with E-state index in [1.807, 2.05) is 0 Å². The highest BCUT2D eigenvalue weighted by Crippen LogP contribution is 2.22. The van der Waals surface area contributed by atoms with Gasteiger partial charge >= 0.3 is 6.18 Å². The number of pyridine rings is 1. The lowest BCUT2D eigenvalue weighted by Gasteiger charge is -2.23. The quantitative estimate of drug-likeness (QED) is 0.806. The molecule has 0 radical (unpaired) electrons. The number of fused-ring (bicyclic) bond motifs is 1. The van der Waals surface area contributed by atoms with E-state index in [1.54, 1.807) is 31.2 Å². The van der Waals surface area contributed by atoms with E-state index in [0.717, 1.165) is 4.90 Å². The summed E-state index contributed by atoms with van der Waals surface area (Å²) < 4.78 is 38.0. The van der Waals surface area contributed by atoms with Gasteiger partial charge in [-0.2, -0.15) is 13.2 Å². The topological polar surface area (TPSA) is 33.2 Å². The smallest absolute Gasteiger partial charge is 0.326 e. The fraction of sp³-hybridized carbons (Fsp3) is 0.250. The minimum Gasteiger partial charge on any atom is -0.326 e. The number of amides is 1. The van der Waals surface area contributed by atoms with Crippen molar-refractivity contribution < 1.29 is 18.0 Å². The lowest BCUT2D eigenvalue weighted by molar-refractivity contribution is -0.139. The Balaban J connectivity index is 2.48. The molecule has 0 aliphatic carbocycles. The van der Waals surface area contributed by atoms with Crippen LogP contribution in [0.15, 0.2) is 43.0 Å². The van der Waals surface area contributed by atoms with Crippen LogP contribution in [-0.4, -0.2) is 35.1 Å². The molecule has 1 aromatic carbocycles. The third kappa shape index (κ3) is 3.63. The Bertz CT molecular complexity index is 710. The van der Waals surface area contributed by atoms with Crippen molar-refractivity contribution in [2.75, 3.05) is 13.1 Å². The highest BCUT2D eigenvalue weighted by Gasteiger charge is 2.33. The molecule has 0 bridgehead atoms. The van der Waals surface area contributed by atoms with Gasteiger partial charge in [-0.1, -0.05) is 24.3 Å².